The van der Waals surface area contributed by atoms with Crippen LogP contribution in [0, 0.1) is 5.92 Å². The van der Waals surface area contributed by atoms with E-state index < -0.39 is 0 Å². The second-order valence-corrected chi connectivity index (χ2v) is 5.45. The Morgan fingerprint density at radius 3 is 2.83 bits per heavy atom. The number of aromatic nitrogens is 2. The Kier molecular flexibility index (Phi) is 3.61. The molecule has 5 heteroatoms. The van der Waals surface area contributed by atoms with Crippen LogP contribution >= 0.6 is 0 Å². The molecule has 100 valence electrons. The number of ether oxygens (including phenoxy) is 1. The number of nitrogens with two attached hydrogens (primary N) is 1. The molecule has 1 aromatic heterocycles. The zero-order chi connectivity index (χ0) is 12.4. The van der Waals surface area contributed by atoms with Gasteiger partial charge >= 0.3 is 0 Å². The summed E-state index contributed by atoms with van der Waals surface area (Å²) in [6.45, 7) is 1.17. The SMILES string of the molecule is NCC1CCCCC1OCc1noc(C2CC2)n1. The maximum absolute atomic E-state index is 5.92. The van der Waals surface area contributed by atoms with E-state index in [1.807, 2.05) is 0 Å². The van der Waals surface area contributed by atoms with Crippen molar-refractivity contribution in [2.45, 2.75) is 57.2 Å². The van der Waals surface area contributed by atoms with Crippen molar-refractivity contribution in [3.63, 3.8) is 0 Å². The molecular formula is C13H21N3O2. The van der Waals surface area contributed by atoms with Gasteiger partial charge in [-0.2, -0.15) is 4.98 Å². The Bertz CT molecular complexity index is 389. The lowest BCUT2D eigenvalue weighted by Gasteiger charge is -2.30. The van der Waals surface area contributed by atoms with Crippen LogP contribution in [0.15, 0.2) is 4.52 Å². The van der Waals surface area contributed by atoms with Crippen molar-refractivity contribution < 1.29 is 9.26 Å². The molecule has 2 aliphatic carbocycles. The van der Waals surface area contributed by atoms with Crippen molar-refractivity contribution in [2.75, 3.05) is 6.54 Å². The van der Waals surface area contributed by atoms with Gasteiger partial charge in [0.1, 0.15) is 6.61 Å². The molecule has 0 spiro atoms. The van der Waals surface area contributed by atoms with E-state index in [0.717, 1.165) is 12.3 Å². The first-order valence-electron chi connectivity index (χ1n) is 7.01. The lowest BCUT2D eigenvalue weighted by Crippen LogP contribution is -2.33. The summed E-state index contributed by atoms with van der Waals surface area (Å²) in [5.41, 5.74) is 5.78. The molecule has 3 rings (SSSR count). The third-order valence-electron chi connectivity index (χ3n) is 3.98. The smallest absolute Gasteiger partial charge is 0.229 e. The van der Waals surface area contributed by atoms with E-state index in [9.17, 15) is 0 Å². The highest BCUT2D eigenvalue weighted by atomic mass is 16.5. The monoisotopic (exact) mass is 251 g/mol. The van der Waals surface area contributed by atoms with Crippen LogP contribution in [0.2, 0.25) is 0 Å². The van der Waals surface area contributed by atoms with Gasteiger partial charge in [-0.05, 0) is 38.1 Å². The summed E-state index contributed by atoms with van der Waals surface area (Å²) in [6.07, 6.45) is 7.43. The minimum Gasteiger partial charge on any atom is -0.370 e. The van der Waals surface area contributed by atoms with Crippen molar-refractivity contribution in [2.24, 2.45) is 11.7 Å². The fourth-order valence-corrected chi connectivity index (χ4v) is 2.67. The number of hydrogen-bond donors (Lipinski definition) is 1. The molecule has 0 aliphatic heterocycles. The molecule has 2 fully saturated rings. The maximum atomic E-state index is 5.92. The molecule has 0 bridgehead atoms. The molecule has 0 saturated heterocycles. The van der Waals surface area contributed by atoms with Crippen molar-refractivity contribution in [3.05, 3.63) is 11.7 Å². The third-order valence-corrected chi connectivity index (χ3v) is 3.98. The summed E-state index contributed by atoms with van der Waals surface area (Å²) >= 11 is 0. The molecule has 0 aromatic carbocycles. The van der Waals surface area contributed by atoms with E-state index in [1.54, 1.807) is 0 Å². The summed E-state index contributed by atoms with van der Waals surface area (Å²) < 4.78 is 11.1. The summed E-state index contributed by atoms with van der Waals surface area (Å²) in [7, 11) is 0. The van der Waals surface area contributed by atoms with Crippen LogP contribution in [-0.2, 0) is 11.3 Å². The summed E-state index contributed by atoms with van der Waals surface area (Å²) in [5, 5.41) is 3.97. The van der Waals surface area contributed by atoms with Gasteiger partial charge in [0.2, 0.25) is 5.89 Å². The number of rotatable bonds is 5. The molecular weight excluding hydrogens is 230 g/mol. The molecule has 1 heterocycles. The average molecular weight is 251 g/mol. The summed E-state index contributed by atoms with van der Waals surface area (Å²) in [4.78, 5) is 4.37. The Morgan fingerprint density at radius 1 is 1.22 bits per heavy atom. The van der Waals surface area contributed by atoms with E-state index in [-0.39, 0.29) is 6.10 Å². The highest BCUT2D eigenvalue weighted by Crippen LogP contribution is 2.38. The zero-order valence-electron chi connectivity index (χ0n) is 10.7. The fourth-order valence-electron chi connectivity index (χ4n) is 2.67. The van der Waals surface area contributed by atoms with Crippen LogP contribution in [0.3, 0.4) is 0 Å². The molecule has 0 amide bonds. The van der Waals surface area contributed by atoms with Crippen LogP contribution in [0.1, 0.15) is 56.2 Å². The first-order chi connectivity index (χ1) is 8.86. The van der Waals surface area contributed by atoms with Gasteiger partial charge in [0.05, 0.1) is 6.10 Å². The van der Waals surface area contributed by atoms with Gasteiger partial charge in [-0.25, -0.2) is 0 Å². The van der Waals surface area contributed by atoms with Crippen molar-refractivity contribution in [1.82, 2.24) is 10.1 Å². The van der Waals surface area contributed by atoms with Crippen molar-refractivity contribution >= 4 is 0 Å². The largest absolute Gasteiger partial charge is 0.370 e. The molecule has 18 heavy (non-hydrogen) atoms. The summed E-state index contributed by atoms with van der Waals surface area (Å²) in [5.74, 6) is 2.47. The van der Waals surface area contributed by atoms with Gasteiger partial charge in [0, 0.05) is 5.92 Å². The van der Waals surface area contributed by atoms with E-state index in [4.69, 9.17) is 15.0 Å². The molecule has 2 saturated carbocycles. The normalized spacial score (nSPS) is 28.5. The van der Waals surface area contributed by atoms with Gasteiger partial charge in [-0.3, -0.25) is 0 Å². The number of hydrogen-bond acceptors (Lipinski definition) is 5. The van der Waals surface area contributed by atoms with Gasteiger partial charge in [0.15, 0.2) is 5.82 Å². The van der Waals surface area contributed by atoms with E-state index >= 15 is 0 Å². The molecule has 2 unspecified atom stereocenters. The first-order valence-corrected chi connectivity index (χ1v) is 7.01. The zero-order valence-corrected chi connectivity index (χ0v) is 10.7. The van der Waals surface area contributed by atoms with Gasteiger partial charge in [-0.15, -0.1) is 0 Å². The van der Waals surface area contributed by atoms with Gasteiger partial charge < -0.3 is 15.0 Å². The Morgan fingerprint density at radius 2 is 2.06 bits per heavy atom. The molecule has 2 N–H and O–H groups in total. The predicted octanol–water partition coefficient (Wildman–Crippen LogP) is 1.98. The topological polar surface area (TPSA) is 74.2 Å². The fraction of sp³-hybridized carbons (Fsp3) is 0.846. The molecule has 2 aliphatic rings. The Labute approximate surface area is 107 Å². The third kappa shape index (κ3) is 2.72. The van der Waals surface area contributed by atoms with Crippen LogP contribution in [0.25, 0.3) is 0 Å². The average Bonchev–Trinajstić information content (AvgIpc) is 3.16. The molecule has 0 radical (unpaired) electrons. The van der Waals surface area contributed by atoms with Crippen LogP contribution < -0.4 is 5.73 Å². The standard InChI is InChI=1S/C13H21N3O2/c14-7-10-3-1-2-4-11(10)17-8-12-15-13(18-16-12)9-5-6-9/h9-11H,1-8,14H2. The number of nitrogens with zero attached hydrogens (tertiary/aromatic N) is 2. The predicted molar refractivity (Wildman–Crippen MR) is 65.9 cm³/mol. The molecule has 1 aromatic rings. The van der Waals surface area contributed by atoms with Crippen LogP contribution in [0.5, 0.6) is 0 Å². The van der Waals surface area contributed by atoms with E-state index in [2.05, 4.69) is 10.1 Å². The Hall–Kier alpha value is -0.940. The second-order valence-electron chi connectivity index (χ2n) is 5.45. The molecule has 5 nitrogen and oxygen atoms in total. The van der Waals surface area contributed by atoms with Crippen molar-refractivity contribution in [1.29, 1.82) is 0 Å². The minimum atomic E-state index is 0.270. The highest BCUT2D eigenvalue weighted by Gasteiger charge is 2.30. The maximum Gasteiger partial charge on any atom is 0.229 e. The lowest BCUT2D eigenvalue weighted by molar-refractivity contribution is -0.0215. The highest BCUT2D eigenvalue weighted by molar-refractivity contribution is 5.01. The lowest BCUT2D eigenvalue weighted by atomic mass is 9.86. The van der Waals surface area contributed by atoms with Crippen LogP contribution in [0.4, 0.5) is 0 Å². The quantitative estimate of drug-likeness (QED) is 0.866. The second kappa shape index (κ2) is 5.36. The summed E-state index contributed by atoms with van der Waals surface area (Å²) in [6, 6.07) is 0. The van der Waals surface area contributed by atoms with Crippen molar-refractivity contribution in [3.8, 4) is 0 Å². The first kappa shape index (κ1) is 12.1. The van der Waals surface area contributed by atoms with Gasteiger partial charge in [0.25, 0.3) is 0 Å². The van der Waals surface area contributed by atoms with E-state index in [1.165, 1.54) is 32.1 Å². The van der Waals surface area contributed by atoms with E-state index in [0.29, 0.717) is 30.8 Å². The molecule has 2 atom stereocenters. The van der Waals surface area contributed by atoms with Gasteiger partial charge in [-0.1, -0.05) is 18.0 Å². The Balaban J connectivity index is 1.52. The minimum absolute atomic E-state index is 0.270. The van der Waals surface area contributed by atoms with Crippen LogP contribution in [-0.4, -0.2) is 22.8 Å².